The Bertz CT molecular complexity index is 848. The highest BCUT2D eigenvalue weighted by Crippen LogP contribution is 2.31. The number of rotatable bonds is 7. The predicted octanol–water partition coefficient (Wildman–Crippen LogP) is 3.07. The highest BCUT2D eigenvalue weighted by molar-refractivity contribution is 5.98. The van der Waals surface area contributed by atoms with Crippen LogP contribution in [0.15, 0.2) is 67.3 Å². The zero-order valence-electron chi connectivity index (χ0n) is 14.8. The van der Waals surface area contributed by atoms with E-state index in [0.717, 1.165) is 5.56 Å². The number of methoxy groups -OCH3 is 2. The summed E-state index contributed by atoms with van der Waals surface area (Å²) in [7, 11) is 3.07. The highest BCUT2D eigenvalue weighted by Gasteiger charge is 2.21. The number of nitrogens with zero attached hydrogens (tertiary/aromatic N) is 2. The third kappa shape index (κ3) is 3.85. The maximum atomic E-state index is 12.9. The molecule has 1 atom stereocenters. The topological polar surface area (TPSA) is 65.4 Å². The van der Waals surface area contributed by atoms with Gasteiger partial charge in [-0.2, -0.15) is 0 Å². The number of carbonyl (C=O) groups excluding carboxylic acids is 1. The van der Waals surface area contributed by atoms with Crippen LogP contribution in [0.5, 0.6) is 11.5 Å². The minimum absolute atomic E-state index is 0.214. The standard InChI is InChI=1S/C20H21N3O3/c1-25-18-10-6-9-16(19(18)26-2)20(24)22-17(13-23-12-11-21-14-23)15-7-4-3-5-8-15/h3-12,14,17H,13H2,1-2H3,(H,22,24). The number of hydrogen-bond acceptors (Lipinski definition) is 4. The normalized spacial score (nSPS) is 11.6. The van der Waals surface area contributed by atoms with Crippen molar-refractivity contribution in [1.29, 1.82) is 0 Å². The van der Waals surface area contributed by atoms with Gasteiger partial charge in [-0.15, -0.1) is 0 Å². The van der Waals surface area contributed by atoms with Gasteiger partial charge in [-0.3, -0.25) is 4.79 Å². The van der Waals surface area contributed by atoms with Gasteiger partial charge in [-0.1, -0.05) is 36.4 Å². The Kier molecular flexibility index (Phi) is 5.53. The molecule has 0 aliphatic heterocycles. The third-order valence-electron chi connectivity index (χ3n) is 4.11. The molecule has 1 heterocycles. The maximum absolute atomic E-state index is 12.9. The average molecular weight is 351 g/mol. The molecule has 0 saturated heterocycles. The number of aromatic nitrogens is 2. The fraction of sp³-hybridized carbons (Fsp3) is 0.200. The summed E-state index contributed by atoms with van der Waals surface area (Å²) in [5, 5.41) is 3.09. The fourth-order valence-corrected chi connectivity index (χ4v) is 2.83. The lowest BCUT2D eigenvalue weighted by molar-refractivity contribution is 0.0929. The van der Waals surface area contributed by atoms with Gasteiger partial charge in [0.05, 0.1) is 32.2 Å². The van der Waals surface area contributed by atoms with Crippen LogP contribution in [-0.2, 0) is 6.54 Å². The summed E-state index contributed by atoms with van der Waals surface area (Å²) >= 11 is 0. The van der Waals surface area contributed by atoms with E-state index in [2.05, 4.69) is 10.3 Å². The van der Waals surface area contributed by atoms with E-state index in [0.29, 0.717) is 23.6 Å². The number of benzene rings is 2. The molecule has 26 heavy (non-hydrogen) atoms. The van der Waals surface area contributed by atoms with Crippen molar-refractivity contribution in [2.75, 3.05) is 14.2 Å². The van der Waals surface area contributed by atoms with Crippen molar-refractivity contribution in [3.05, 3.63) is 78.4 Å². The van der Waals surface area contributed by atoms with Gasteiger partial charge in [-0.25, -0.2) is 4.98 Å². The van der Waals surface area contributed by atoms with Gasteiger partial charge in [0.2, 0.25) is 0 Å². The zero-order valence-corrected chi connectivity index (χ0v) is 14.8. The van der Waals surface area contributed by atoms with Crippen molar-refractivity contribution < 1.29 is 14.3 Å². The van der Waals surface area contributed by atoms with Crippen LogP contribution in [0.25, 0.3) is 0 Å². The number of carbonyl (C=O) groups is 1. The van der Waals surface area contributed by atoms with Crippen molar-refractivity contribution in [1.82, 2.24) is 14.9 Å². The van der Waals surface area contributed by atoms with Crippen molar-refractivity contribution in [2.24, 2.45) is 0 Å². The van der Waals surface area contributed by atoms with Gasteiger partial charge in [0.15, 0.2) is 11.5 Å². The second-order valence-electron chi connectivity index (χ2n) is 5.74. The van der Waals surface area contributed by atoms with Gasteiger partial charge < -0.3 is 19.4 Å². The summed E-state index contributed by atoms with van der Waals surface area (Å²) in [4.78, 5) is 17.0. The summed E-state index contributed by atoms with van der Waals surface area (Å²) in [6, 6.07) is 14.9. The zero-order chi connectivity index (χ0) is 18.4. The predicted molar refractivity (Wildman–Crippen MR) is 98.4 cm³/mol. The van der Waals surface area contributed by atoms with E-state index in [1.165, 1.54) is 7.11 Å². The molecule has 0 fully saturated rings. The van der Waals surface area contributed by atoms with Crippen LogP contribution in [0.4, 0.5) is 0 Å². The molecular formula is C20H21N3O3. The minimum atomic E-state index is -0.227. The molecule has 1 aromatic heterocycles. The average Bonchev–Trinajstić information content (AvgIpc) is 3.20. The van der Waals surface area contributed by atoms with Crippen LogP contribution in [0.3, 0.4) is 0 Å². The van der Waals surface area contributed by atoms with E-state index in [1.54, 1.807) is 37.8 Å². The van der Waals surface area contributed by atoms with Crippen LogP contribution in [0, 0.1) is 0 Å². The van der Waals surface area contributed by atoms with Crippen LogP contribution in [0.2, 0.25) is 0 Å². The first-order valence-electron chi connectivity index (χ1n) is 8.25. The SMILES string of the molecule is COc1cccc(C(=O)NC(Cn2ccnc2)c2ccccc2)c1OC. The van der Waals surface area contributed by atoms with Gasteiger partial charge in [0.25, 0.3) is 5.91 Å². The molecule has 6 nitrogen and oxygen atoms in total. The van der Waals surface area contributed by atoms with E-state index in [4.69, 9.17) is 9.47 Å². The monoisotopic (exact) mass is 351 g/mol. The molecule has 0 saturated carbocycles. The molecule has 6 heteroatoms. The molecule has 1 N–H and O–H groups in total. The molecule has 0 bridgehead atoms. The lowest BCUT2D eigenvalue weighted by Crippen LogP contribution is -2.31. The molecule has 134 valence electrons. The summed E-state index contributed by atoms with van der Waals surface area (Å²) in [6.45, 7) is 0.571. The molecular weight excluding hydrogens is 330 g/mol. The van der Waals surface area contributed by atoms with Crippen LogP contribution in [0.1, 0.15) is 22.0 Å². The van der Waals surface area contributed by atoms with Crippen LogP contribution < -0.4 is 14.8 Å². The fourth-order valence-electron chi connectivity index (χ4n) is 2.83. The first-order chi connectivity index (χ1) is 12.7. The third-order valence-corrected chi connectivity index (χ3v) is 4.11. The minimum Gasteiger partial charge on any atom is -0.493 e. The Morgan fingerprint density at radius 1 is 1.12 bits per heavy atom. The van der Waals surface area contributed by atoms with Crippen LogP contribution >= 0.6 is 0 Å². The molecule has 0 radical (unpaired) electrons. The van der Waals surface area contributed by atoms with E-state index >= 15 is 0 Å². The largest absolute Gasteiger partial charge is 0.493 e. The van der Waals surface area contributed by atoms with Crippen molar-refractivity contribution in [2.45, 2.75) is 12.6 Å². The molecule has 0 aliphatic carbocycles. The van der Waals surface area contributed by atoms with E-state index < -0.39 is 0 Å². The number of hydrogen-bond donors (Lipinski definition) is 1. The van der Waals surface area contributed by atoms with E-state index in [1.807, 2.05) is 41.1 Å². The van der Waals surface area contributed by atoms with Gasteiger partial charge in [0, 0.05) is 18.9 Å². The van der Waals surface area contributed by atoms with Gasteiger partial charge >= 0.3 is 0 Å². The number of ether oxygens (including phenoxy) is 2. The maximum Gasteiger partial charge on any atom is 0.255 e. The Balaban J connectivity index is 1.88. The van der Waals surface area contributed by atoms with Gasteiger partial charge in [0.1, 0.15) is 0 Å². The Morgan fingerprint density at radius 3 is 2.58 bits per heavy atom. The Hall–Kier alpha value is -3.28. The summed E-state index contributed by atoms with van der Waals surface area (Å²) in [5.41, 5.74) is 1.44. The number of imidazole rings is 1. The second-order valence-corrected chi connectivity index (χ2v) is 5.74. The summed E-state index contributed by atoms with van der Waals surface area (Å²) in [5.74, 6) is 0.711. The number of amides is 1. The van der Waals surface area contributed by atoms with Crippen molar-refractivity contribution >= 4 is 5.91 Å². The first-order valence-corrected chi connectivity index (χ1v) is 8.25. The van der Waals surface area contributed by atoms with E-state index in [9.17, 15) is 4.79 Å². The summed E-state index contributed by atoms with van der Waals surface area (Å²) in [6.07, 6.45) is 5.32. The lowest BCUT2D eigenvalue weighted by Gasteiger charge is -2.21. The van der Waals surface area contributed by atoms with Gasteiger partial charge in [-0.05, 0) is 17.7 Å². The Labute approximate surface area is 152 Å². The molecule has 0 spiro atoms. The van der Waals surface area contributed by atoms with E-state index in [-0.39, 0.29) is 11.9 Å². The molecule has 3 aromatic rings. The quantitative estimate of drug-likeness (QED) is 0.710. The molecule has 2 aromatic carbocycles. The molecule has 1 unspecified atom stereocenters. The van der Waals surface area contributed by atoms with Crippen molar-refractivity contribution in [3.63, 3.8) is 0 Å². The highest BCUT2D eigenvalue weighted by atomic mass is 16.5. The summed E-state index contributed by atoms with van der Waals surface area (Å²) < 4.78 is 12.6. The number of nitrogens with one attached hydrogen (secondary N) is 1. The molecule has 1 amide bonds. The molecule has 3 rings (SSSR count). The first kappa shape index (κ1) is 17.5. The number of para-hydroxylation sites is 1. The Morgan fingerprint density at radius 2 is 1.92 bits per heavy atom. The van der Waals surface area contributed by atoms with Crippen molar-refractivity contribution in [3.8, 4) is 11.5 Å². The lowest BCUT2D eigenvalue weighted by atomic mass is 10.1. The second kappa shape index (κ2) is 8.20. The smallest absolute Gasteiger partial charge is 0.255 e. The van der Waals surface area contributed by atoms with Crippen LogP contribution in [-0.4, -0.2) is 29.7 Å². The molecule has 0 aliphatic rings.